The Morgan fingerprint density at radius 2 is 2.00 bits per heavy atom. The first-order valence-corrected chi connectivity index (χ1v) is 8.61. The van der Waals surface area contributed by atoms with Gasteiger partial charge < -0.3 is 4.74 Å². The van der Waals surface area contributed by atoms with Crippen LogP contribution < -0.4 is 0 Å². The second kappa shape index (κ2) is 6.95. The van der Waals surface area contributed by atoms with Gasteiger partial charge in [0, 0.05) is 6.61 Å². The van der Waals surface area contributed by atoms with Crippen LogP contribution in [0.5, 0.6) is 0 Å². The highest BCUT2D eigenvalue weighted by atomic mass is 35.5. The van der Waals surface area contributed by atoms with Gasteiger partial charge in [0.2, 0.25) is 0 Å². The average molecular weight is 293 g/mol. The minimum atomic E-state index is 0.207. The third-order valence-corrected chi connectivity index (χ3v) is 5.50. The molecule has 20 heavy (non-hydrogen) atoms. The van der Waals surface area contributed by atoms with Crippen molar-refractivity contribution in [3.05, 3.63) is 35.4 Å². The first-order chi connectivity index (χ1) is 9.84. The van der Waals surface area contributed by atoms with Crippen LogP contribution >= 0.6 is 11.6 Å². The van der Waals surface area contributed by atoms with Gasteiger partial charge in [-0.25, -0.2) is 0 Å². The molecule has 0 N–H and O–H groups in total. The summed E-state index contributed by atoms with van der Waals surface area (Å²) in [5.41, 5.74) is 2.85. The molecule has 3 rings (SSSR count). The molecule has 1 saturated heterocycles. The Hall–Kier alpha value is -0.530. The van der Waals surface area contributed by atoms with Crippen LogP contribution in [0.3, 0.4) is 0 Å². The maximum Gasteiger partial charge on any atom is 0.0616 e. The Labute approximate surface area is 127 Å². The molecule has 0 bridgehead atoms. The van der Waals surface area contributed by atoms with Gasteiger partial charge in [0.05, 0.1) is 11.5 Å². The quantitative estimate of drug-likeness (QED) is 0.543. The van der Waals surface area contributed by atoms with Crippen LogP contribution in [0.4, 0.5) is 0 Å². The van der Waals surface area contributed by atoms with E-state index >= 15 is 0 Å². The van der Waals surface area contributed by atoms with Gasteiger partial charge in [-0.3, -0.25) is 0 Å². The van der Waals surface area contributed by atoms with E-state index in [1.807, 2.05) is 0 Å². The summed E-state index contributed by atoms with van der Waals surface area (Å²) in [4.78, 5) is 0. The first-order valence-electron chi connectivity index (χ1n) is 8.18. The predicted octanol–water partition coefficient (Wildman–Crippen LogP) is 5.27. The first kappa shape index (κ1) is 14.4. The Bertz CT molecular complexity index is 425. The molecule has 1 aliphatic carbocycles. The molecule has 1 fully saturated rings. The van der Waals surface area contributed by atoms with Gasteiger partial charge in [-0.15, -0.1) is 11.6 Å². The number of alkyl halides is 1. The normalized spacial score (nSPS) is 29.9. The SMILES string of the molecule is ClC1c2ccccc2CCCC1CCCC1CCCO1. The van der Waals surface area contributed by atoms with E-state index in [4.69, 9.17) is 16.3 Å². The van der Waals surface area contributed by atoms with Gasteiger partial charge in [-0.2, -0.15) is 0 Å². The van der Waals surface area contributed by atoms with E-state index in [1.165, 1.54) is 62.5 Å². The summed E-state index contributed by atoms with van der Waals surface area (Å²) < 4.78 is 5.72. The third-order valence-electron chi connectivity index (χ3n) is 4.91. The fourth-order valence-corrected chi connectivity index (χ4v) is 4.22. The van der Waals surface area contributed by atoms with Crippen molar-refractivity contribution >= 4 is 11.6 Å². The Morgan fingerprint density at radius 1 is 1.10 bits per heavy atom. The van der Waals surface area contributed by atoms with Crippen LogP contribution in [0.1, 0.15) is 61.4 Å². The molecule has 3 unspecified atom stereocenters. The Morgan fingerprint density at radius 3 is 2.85 bits per heavy atom. The lowest BCUT2D eigenvalue weighted by Crippen LogP contribution is -2.10. The molecule has 2 aliphatic rings. The lowest BCUT2D eigenvalue weighted by Gasteiger charge is -2.21. The maximum absolute atomic E-state index is 6.78. The monoisotopic (exact) mass is 292 g/mol. The molecule has 0 aromatic heterocycles. The summed E-state index contributed by atoms with van der Waals surface area (Å²) >= 11 is 6.78. The number of fused-ring (bicyclic) bond motifs is 1. The van der Waals surface area contributed by atoms with Crippen molar-refractivity contribution in [3.8, 4) is 0 Å². The second-order valence-electron chi connectivity index (χ2n) is 6.32. The summed E-state index contributed by atoms with van der Waals surface area (Å²) in [6.07, 6.45) is 10.5. The standard InChI is InChI=1S/C18H25ClO/c19-18-15(9-4-10-16-11-5-13-20-16)8-3-7-14-6-1-2-12-17(14)18/h1-2,6,12,15-16,18H,3-5,7-11,13H2. The van der Waals surface area contributed by atoms with Gasteiger partial charge in [-0.1, -0.05) is 30.7 Å². The highest BCUT2D eigenvalue weighted by Gasteiger charge is 2.26. The zero-order valence-electron chi connectivity index (χ0n) is 12.2. The van der Waals surface area contributed by atoms with Crippen molar-refractivity contribution in [3.63, 3.8) is 0 Å². The minimum absolute atomic E-state index is 0.207. The molecule has 3 atom stereocenters. The molecular formula is C18H25ClO. The molecule has 1 nitrogen and oxygen atoms in total. The lowest BCUT2D eigenvalue weighted by atomic mass is 9.90. The van der Waals surface area contributed by atoms with Crippen LogP contribution in [0.15, 0.2) is 24.3 Å². The summed E-state index contributed by atoms with van der Waals surface area (Å²) in [6, 6.07) is 8.74. The van der Waals surface area contributed by atoms with Crippen LogP contribution in [-0.2, 0) is 11.2 Å². The van der Waals surface area contributed by atoms with E-state index in [2.05, 4.69) is 24.3 Å². The molecular weight excluding hydrogens is 268 g/mol. The van der Waals surface area contributed by atoms with E-state index in [0.717, 1.165) is 6.61 Å². The summed E-state index contributed by atoms with van der Waals surface area (Å²) in [5.74, 6) is 0.640. The van der Waals surface area contributed by atoms with Crippen molar-refractivity contribution < 1.29 is 4.74 Å². The number of hydrogen-bond donors (Lipinski definition) is 0. The van der Waals surface area contributed by atoms with E-state index < -0.39 is 0 Å². The summed E-state index contributed by atoms with van der Waals surface area (Å²) in [6.45, 7) is 0.972. The van der Waals surface area contributed by atoms with Crippen LogP contribution in [-0.4, -0.2) is 12.7 Å². The smallest absolute Gasteiger partial charge is 0.0616 e. The second-order valence-corrected chi connectivity index (χ2v) is 6.79. The topological polar surface area (TPSA) is 9.23 Å². The highest BCUT2D eigenvalue weighted by Crippen LogP contribution is 2.40. The van der Waals surface area contributed by atoms with Crippen molar-refractivity contribution in [1.29, 1.82) is 0 Å². The molecule has 0 radical (unpaired) electrons. The molecule has 1 aliphatic heterocycles. The van der Waals surface area contributed by atoms with Crippen molar-refractivity contribution in [2.45, 2.75) is 62.8 Å². The Kier molecular flexibility index (Phi) is 5.01. The highest BCUT2D eigenvalue weighted by molar-refractivity contribution is 6.21. The van der Waals surface area contributed by atoms with E-state index in [0.29, 0.717) is 12.0 Å². The molecule has 0 spiro atoms. The molecule has 1 aromatic carbocycles. The van der Waals surface area contributed by atoms with Gasteiger partial charge in [0.1, 0.15) is 0 Å². The van der Waals surface area contributed by atoms with E-state index in [9.17, 15) is 0 Å². The van der Waals surface area contributed by atoms with E-state index in [-0.39, 0.29) is 5.38 Å². The van der Waals surface area contributed by atoms with Gasteiger partial charge in [-0.05, 0) is 62.0 Å². The number of halogens is 1. The number of aryl methyl sites for hydroxylation is 1. The van der Waals surface area contributed by atoms with Crippen molar-refractivity contribution in [2.24, 2.45) is 5.92 Å². The van der Waals surface area contributed by atoms with Gasteiger partial charge in [0.25, 0.3) is 0 Å². The minimum Gasteiger partial charge on any atom is -0.378 e. The number of benzene rings is 1. The van der Waals surface area contributed by atoms with Gasteiger partial charge >= 0.3 is 0 Å². The molecule has 0 saturated carbocycles. The number of rotatable bonds is 4. The van der Waals surface area contributed by atoms with Crippen LogP contribution in [0, 0.1) is 5.92 Å². The van der Waals surface area contributed by atoms with E-state index in [1.54, 1.807) is 0 Å². The molecule has 0 amide bonds. The van der Waals surface area contributed by atoms with Crippen LogP contribution in [0.25, 0.3) is 0 Å². The van der Waals surface area contributed by atoms with Crippen LogP contribution in [0.2, 0.25) is 0 Å². The van der Waals surface area contributed by atoms with Gasteiger partial charge in [0.15, 0.2) is 0 Å². The predicted molar refractivity (Wildman–Crippen MR) is 84.3 cm³/mol. The number of ether oxygens (including phenoxy) is 1. The fraction of sp³-hybridized carbons (Fsp3) is 0.667. The molecule has 110 valence electrons. The van der Waals surface area contributed by atoms with Crippen molar-refractivity contribution in [2.75, 3.05) is 6.61 Å². The third kappa shape index (κ3) is 3.38. The fourth-order valence-electron chi connectivity index (χ4n) is 3.76. The summed E-state index contributed by atoms with van der Waals surface area (Å²) in [5, 5.41) is 0.207. The number of hydrogen-bond acceptors (Lipinski definition) is 1. The van der Waals surface area contributed by atoms with Crippen molar-refractivity contribution in [1.82, 2.24) is 0 Å². The molecule has 1 heterocycles. The largest absolute Gasteiger partial charge is 0.378 e. The lowest BCUT2D eigenvalue weighted by molar-refractivity contribution is 0.100. The molecule has 1 aromatic rings. The zero-order valence-corrected chi connectivity index (χ0v) is 12.9. The maximum atomic E-state index is 6.78. The zero-order chi connectivity index (χ0) is 13.8. The Balaban J connectivity index is 1.56. The molecule has 2 heteroatoms. The summed E-state index contributed by atoms with van der Waals surface area (Å²) in [7, 11) is 0. The average Bonchev–Trinajstić information content (AvgIpc) is 2.93.